The van der Waals surface area contributed by atoms with Gasteiger partial charge in [-0.25, -0.2) is 0 Å². The van der Waals surface area contributed by atoms with Crippen molar-refractivity contribution in [3.05, 3.63) is 88.1 Å². The Morgan fingerprint density at radius 1 is 1.09 bits per heavy atom. The summed E-state index contributed by atoms with van der Waals surface area (Å²) < 4.78 is 11.7. The summed E-state index contributed by atoms with van der Waals surface area (Å²) in [5.74, 6) is 0.335. The molecule has 3 aromatic carbocycles. The third kappa shape index (κ3) is 5.08. The van der Waals surface area contributed by atoms with Crippen LogP contribution in [0.4, 0.5) is 5.69 Å². The number of aryl methyl sites for hydroxylation is 1. The molecule has 1 aromatic heterocycles. The van der Waals surface area contributed by atoms with Crippen molar-refractivity contribution in [2.75, 3.05) is 11.9 Å². The molecule has 168 valence electrons. The Kier molecular flexibility index (Phi) is 6.77. The van der Waals surface area contributed by atoms with E-state index in [1.54, 1.807) is 24.5 Å². The molecule has 1 heterocycles. The maximum atomic E-state index is 12.7. The summed E-state index contributed by atoms with van der Waals surface area (Å²) in [5, 5.41) is 4.64. The van der Waals surface area contributed by atoms with Crippen LogP contribution in [0.1, 0.15) is 25.0 Å². The molecular formula is C27H23Cl2NO3. The molecule has 0 saturated carbocycles. The number of carbonyl (C=O) groups is 1. The lowest BCUT2D eigenvalue weighted by atomic mass is 9.98. The summed E-state index contributed by atoms with van der Waals surface area (Å²) in [5.41, 5.74) is 5.96. The second-order valence-electron chi connectivity index (χ2n) is 7.73. The number of benzene rings is 3. The van der Waals surface area contributed by atoms with Crippen LogP contribution in [-0.4, -0.2) is 12.5 Å². The molecule has 0 fully saturated rings. The van der Waals surface area contributed by atoms with Crippen molar-refractivity contribution in [2.45, 2.75) is 20.8 Å². The number of furan rings is 1. The van der Waals surface area contributed by atoms with Crippen LogP contribution in [0.2, 0.25) is 10.0 Å². The molecule has 0 saturated heterocycles. The summed E-state index contributed by atoms with van der Waals surface area (Å²) in [4.78, 5) is 12.7. The van der Waals surface area contributed by atoms with E-state index in [0.29, 0.717) is 28.1 Å². The van der Waals surface area contributed by atoms with E-state index >= 15 is 0 Å². The van der Waals surface area contributed by atoms with Crippen LogP contribution in [0.25, 0.3) is 27.7 Å². The van der Waals surface area contributed by atoms with Crippen molar-refractivity contribution >= 4 is 51.3 Å². The first-order valence-corrected chi connectivity index (χ1v) is 11.3. The summed E-state index contributed by atoms with van der Waals surface area (Å²) in [6, 6.07) is 17.1. The predicted octanol–water partition coefficient (Wildman–Crippen LogP) is 8.16. The Balaban J connectivity index is 1.73. The summed E-state index contributed by atoms with van der Waals surface area (Å²) >= 11 is 12.2. The monoisotopic (exact) mass is 479 g/mol. The van der Waals surface area contributed by atoms with Crippen LogP contribution >= 0.6 is 23.2 Å². The van der Waals surface area contributed by atoms with E-state index in [0.717, 1.165) is 33.2 Å². The highest BCUT2D eigenvalue weighted by atomic mass is 35.5. The Bertz CT molecular complexity index is 1350. The predicted molar refractivity (Wildman–Crippen MR) is 136 cm³/mol. The number of hydrogen-bond acceptors (Lipinski definition) is 3. The van der Waals surface area contributed by atoms with E-state index in [1.807, 2.05) is 26.0 Å². The van der Waals surface area contributed by atoms with Crippen LogP contribution in [0.3, 0.4) is 0 Å². The molecule has 6 heteroatoms. The molecule has 1 N–H and O–H groups in total. The van der Waals surface area contributed by atoms with Crippen LogP contribution in [0.5, 0.6) is 5.75 Å². The lowest BCUT2D eigenvalue weighted by molar-refractivity contribution is -0.111. The fraction of sp³-hybridized carbons (Fsp3) is 0.148. The van der Waals surface area contributed by atoms with E-state index in [1.165, 1.54) is 11.6 Å². The molecule has 0 aliphatic rings. The highest BCUT2D eigenvalue weighted by molar-refractivity contribution is 6.35. The van der Waals surface area contributed by atoms with E-state index in [-0.39, 0.29) is 5.91 Å². The molecule has 0 radical (unpaired) electrons. The third-order valence-electron chi connectivity index (χ3n) is 5.30. The molecule has 4 rings (SSSR count). The first-order chi connectivity index (χ1) is 15.9. The first kappa shape index (κ1) is 23.0. The molecular weight excluding hydrogens is 457 g/mol. The molecule has 0 aliphatic carbocycles. The van der Waals surface area contributed by atoms with Gasteiger partial charge in [0.2, 0.25) is 5.91 Å². The standard InChI is InChI=1S/C27H23Cl2NO3/c1-4-32-25-14-26-21(22(15-33-26)18-7-5-16(2)6-8-18)13-20(25)17(3)11-27(31)30-24-12-19(28)9-10-23(24)29/h5-15H,4H2,1-3H3,(H,30,31)/b17-11+. The van der Waals surface area contributed by atoms with Gasteiger partial charge in [-0.3, -0.25) is 4.79 Å². The molecule has 4 nitrogen and oxygen atoms in total. The number of hydrogen-bond donors (Lipinski definition) is 1. The Hall–Kier alpha value is -3.21. The van der Waals surface area contributed by atoms with Crippen molar-refractivity contribution in [2.24, 2.45) is 0 Å². The molecule has 1 amide bonds. The van der Waals surface area contributed by atoms with Crippen LogP contribution in [0.15, 0.2) is 71.4 Å². The van der Waals surface area contributed by atoms with Gasteiger partial charge in [-0.2, -0.15) is 0 Å². The molecule has 0 unspecified atom stereocenters. The summed E-state index contributed by atoms with van der Waals surface area (Å²) in [7, 11) is 0. The minimum absolute atomic E-state index is 0.315. The number of rotatable bonds is 6. The highest BCUT2D eigenvalue weighted by Crippen LogP contribution is 2.37. The van der Waals surface area contributed by atoms with E-state index in [2.05, 4.69) is 36.5 Å². The zero-order valence-corrected chi connectivity index (χ0v) is 20.1. The number of halogens is 2. The number of allylic oxidation sites excluding steroid dienone is 1. The molecule has 33 heavy (non-hydrogen) atoms. The highest BCUT2D eigenvalue weighted by Gasteiger charge is 2.15. The second kappa shape index (κ2) is 9.74. The summed E-state index contributed by atoms with van der Waals surface area (Å²) in [6.07, 6.45) is 3.27. The number of carbonyl (C=O) groups excluding carboxylic acids is 1. The van der Waals surface area contributed by atoms with Crippen molar-refractivity contribution in [1.29, 1.82) is 0 Å². The average molecular weight is 480 g/mol. The Morgan fingerprint density at radius 3 is 2.58 bits per heavy atom. The van der Waals surface area contributed by atoms with Gasteiger partial charge in [-0.05, 0) is 56.2 Å². The number of nitrogens with one attached hydrogen (secondary N) is 1. The average Bonchev–Trinajstić information content (AvgIpc) is 3.19. The Morgan fingerprint density at radius 2 is 1.85 bits per heavy atom. The quantitative estimate of drug-likeness (QED) is 0.283. The lowest BCUT2D eigenvalue weighted by Gasteiger charge is -2.12. The lowest BCUT2D eigenvalue weighted by Crippen LogP contribution is -2.09. The largest absolute Gasteiger partial charge is 0.493 e. The van der Waals surface area contributed by atoms with Crippen molar-refractivity contribution in [1.82, 2.24) is 0 Å². The van der Waals surface area contributed by atoms with Gasteiger partial charge < -0.3 is 14.5 Å². The van der Waals surface area contributed by atoms with Gasteiger partial charge in [-0.15, -0.1) is 0 Å². The minimum atomic E-state index is -0.315. The van der Waals surface area contributed by atoms with Crippen LogP contribution < -0.4 is 10.1 Å². The maximum Gasteiger partial charge on any atom is 0.248 e. The topological polar surface area (TPSA) is 51.5 Å². The fourth-order valence-electron chi connectivity index (χ4n) is 3.63. The smallest absolute Gasteiger partial charge is 0.248 e. The van der Waals surface area contributed by atoms with Crippen LogP contribution in [-0.2, 0) is 4.79 Å². The Labute approximate surface area is 202 Å². The van der Waals surface area contributed by atoms with E-state index in [4.69, 9.17) is 32.4 Å². The zero-order chi connectivity index (χ0) is 23.5. The van der Waals surface area contributed by atoms with Gasteiger partial charge >= 0.3 is 0 Å². The van der Waals surface area contributed by atoms with Gasteiger partial charge in [0.1, 0.15) is 11.3 Å². The first-order valence-electron chi connectivity index (χ1n) is 10.6. The van der Waals surface area contributed by atoms with Gasteiger partial charge in [0.05, 0.1) is 23.6 Å². The van der Waals surface area contributed by atoms with Gasteiger partial charge in [0.15, 0.2) is 0 Å². The van der Waals surface area contributed by atoms with Crippen LogP contribution in [0, 0.1) is 6.92 Å². The van der Waals surface area contributed by atoms with Gasteiger partial charge in [0, 0.05) is 33.7 Å². The van der Waals surface area contributed by atoms with Crippen molar-refractivity contribution in [3.8, 4) is 16.9 Å². The maximum absolute atomic E-state index is 12.7. The molecule has 4 aromatic rings. The van der Waals surface area contributed by atoms with Crippen molar-refractivity contribution in [3.63, 3.8) is 0 Å². The molecule has 0 aliphatic heterocycles. The van der Waals surface area contributed by atoms with Gasteiger partial charge in [0.25, 0.3) is 0 Å². The van der Waals surface area contributed by atoms with Gasteiger partial charge in [-0.1, -0.05) is 53.0 Å². The molecule has 0 bridgehead atoms. The minimum Gasteiger partial charge on any atom is -0.493 e. The SMILES string of the molecule is CCOc1cc2occ(-c3ccc(C)cc3)c2cc1/C(C)=C/C(=O)Nc1cc(Cl)ccc1Cl. The van der Waals surface area contributed by atoms with E-state index < -0.39 is 0 Å². The van der Waals surface area contributed by atoms with Crippen molar-refractivity contribution < 1.29 is 13.9 Å². The zero-order valence-electron chi connectivity index (χ0n) is 18.5. The number of fused-ring (bicyclic) bond motifs is 1. The second-order valence-corrected chi connectivity index (χ2v) is 8.58. The normalized spacial score (nSPS) is 11.6. The summed E-state index contributed by atoms with van der Waals surface area (Å²) in [6.45, 7) is 6.33. The molecule has 0 atom stereocenters. The van der Waals surface area contributed by atoms with E-state index in [9.17, 15) is 4.79 Å². The fourth-order valence-corrected chi connectivity index (χ4v) is 3.97. The number of amides is 1. The molecule has 0 spiro atoms. The third-order valence-corrected chi connectivity index (χ3v) is 5.86. The number of anilines is 1. The number of ether oxygens (including phenoxy) is 1.